The summed E-state index contributed by atoms with van der Waals surface area (Å²) in [6.45, 7) is 8.88. The molecule has 0 heterocycles. The molecule has 0 aromatic carbocycles. The molecule has 0 aliphatic rings. The minimum absolute atomic E-state index is 0.0611. The van der Waals surface area contributed by atoms with Crippen LogP contribution in [0.2, 0.25) is 0 Å². The molecule has 0 saturated carbocycles. The molecule has 6 nitrogen and oxygen atoms in total. The third-order valence-corrected chi connectivity index (χ3v) is 14.1. The van der Waals surface area contributed by atoms with Crippen LogP contribution in [0.3, 0.4) is 0 Å². The predicted molar refractivity (Wildman–Crippen MR) is 301 cm³/mol. The van der Waals surface area contributed by atoms with Crippen LogP contribution in [0.5, 0.6) is 0 Å². The molecule has 0 bridgehead atoms. The van der Waals surface area contributed by atoms with Crippen LogP contribution in [0.15, 0.2) is 0 Å². The van der Waals surface area contributed by atoms with E-state index in [0.29, 0.717) is 19.3 Å². The Labute approximate surface area is 436 Å². The summed E-state index contributed by atoms with van der Waals surface area (Å²) in [5, 5.41) is 0. The number of alkyl halides is 1. The van der Waals surface area contributed by atoms with Crippen molar-refractivity contribution in [1.82, 2.24) is 0 Å². The molecule has 0 saturated heterocycles. The summed E-state index contributed by atoms with van der Waals surface area (Å²) < 4.78 is 16.9. The summed E-state index contributed by atoms with van der Waals surface area (Å²) in [7, 11) is 0. The third-order valence-electron chi connectivity index (χ3n) is 13.8. The Morgan fingerprint density at radius 3 is 0.667 bits per heavy atom. The Hall–Kier alpha value is -1.30. The van der Waals surface area contributed by atoms with Gasteiger partial charge in [0.15, 0.2) is 6.10 Å². The Morgan fingerprint density at radius 2 is 0.464 bits per heavy atom. The number of unbranched alkanes of at least 4 members (excludes halogenated alkanes) is 44. The number of hydrogen-bond donors (Lipinski definition) is 0. The number of carbonyl (C=O) groups excluding carboxylic acids is 3. The molecule has 0 aliphatic heterocycles. The number of halogens is 1. The fourth-order valence-electron chi connectivity index (χ4n) is 9.14. The zero-order chi connectivity index (χ0) is 50.6. The van der Waals surface area contributed by atoms with Crippen molar-refractivity contribution < 1.29 is 28.6 Å². The normalized spacial score (nSPS) is 11.2. The van der Waals surface area contributed by atoms with Gasteiger partial charge >= 0.3 is 17.9 Å². The number of hydrogen-bond acceptors (Lipinski definition) is 6. The fourth-order valence-corrected chi connectivity index (χ4v) is 9.33. The van der Waals surface area contributed by atoms with Crippen molar-refractivity contribution in [2.45, 2.75) is 361 Å². The standard InChI is InChI=1S/C57H110O6.C5H11Cl/c1-4-7-10-13-16-19-22-25-28-31-34-37-40-43-46-49-55(58)61-52-54(63-57(60)51-48-45-42-39-36-33-30-27-24-21-18-15-12-9-6-3)53-62-56(59)50-47-44-41-38-35-32-29-26-23-20-17-14-11-8-5-2;1-2-3-4-5-6/h54H,4-53H2,1-3H3;2-5H2,1H3. The van der Waals surface area contributed by atoms with E-state index in [4.69, 9.17) is 25.8 Å². The Morgan fingerprint density at radius 1 is 0.275 bits per heavy atom. The van der Waals surface area contributed by atoms with E-state index >= 15 is 0 Å². The van der Waals surface area contributed by atoms with Gasteiger partial charge in [-0.15, -0.1) is 11.6 Å². The largest absolute Gasteiger partial charge is 0.462 e. The van der Waals surface area contributed by atoms with Gasteiger partial charge in [0.25, 0.3) is 0 Å². The molecule has 0 radical (unpaired) electrons. The monoisotopic (exact) mass is 997 g/mol. The van der Waals surface area contributed by atoms with Gasteiger partial charge < -0.3 is 14.2 Å². The van der Waals surface area contributed by atoms with Crippen LogP contribution in [0.1, 0.15) is 355 Å². The van der Waals surface area contributed by atoms with Crippen LogP contribution < -0.4 is 0 Å². The van der Waals surface area contributed by atoms with E-state index in [0.717, 1.165) is 63.7 Å². The van der Waals surface area contributed by atoms with Gasteiger partial charge in [0.05, 0.1) is 0 Å². The topological polar surface area (TPSA) is 78.9 Å². The smallest absolute Gasteiger partial charge is 0.306 e. The van der Waals surface area contributed by atoms with E-state index in [1.165, 1.54) is 250 Å². The van der Waals surface area contributed by atoms with Gasteiger partial charge in [0.1, 0.15) is 13.2 Å². The Kier molecular flexibility index (Phi) is 63.5. The molecule has 0 N–H and O–H groups in total. The van der Waals surface area contributed by atoms with Gasteiger partial charge in [-0.25, -0.2) is 0 Å². The average molecular weight is 998 g/mol. The van der Waals surface area contributed by atoms with Gasteiger partial charge in [-0.05, 0) is 25.7 Å². The lowest BCUT2D eigenvalue weighted by atomic mass is 10.0. The molecule has 0 fully saturated rings. The average Bonchev–Trinajstić information content (AvgIpc) is 3.35. The van der Waals surface area contributed by atoms with Crippen LogP contribution >= 0.6 is 11.6 Å². The van der Waals surface area contributed by atoms with Crippen molar-refractivity contribution >= 4 is 29.5 Å². The SMILES string of the molecule is CCCCCCCCCCCCCCCCCC(=O)OCC(COC(=O)CCCCCCCCCCCCCCCCC)OC(=O)CCCCCCCCCCCCCCCCC.CCCCCCl. The molecule has 0 spiro atoms. The van der Waals surface area contributed by atoms with Crippen molar-refractivity contribution in [3.8, 4) is 0 Å². The predicted octanol–water partition coefficient (Wildman–Crippen LogP) is 21.2. The van der Waals surface area contributed by atoms with Crippen LogP contribution in [-0.4, -0.2) is 43.1 Å². The first-order valence-corrected chi connectivity index (χ1v) is 31.5. The minimum Gasteiger partial charge on any atom is -0.462 e. The van der Waals surface area contributed by atoms with Gasteiger partial charge in [-0.2, -0.15) is 0 Å². The highest BCUT2D eigenvalue weighted by molar-refractivity contribution is 6.17. The molecule has 69 heavy (non-hydrogen) atoms. The first kappa shape index (κ1) is 69.8. The highest BCUT2D eigenvalue weighted by atomic mass is 35.5. The fraction of sp³-hybridized carbons (Fsp3) is 0.952. The zero-order valence-corrected chi connectivity index (χ0v) is 47.8. The molecule has 0 amide bonds. The summed E-state index contributed by atoms with van der Waals surface area (Å²) in [5.41, 5.74) is 0. The number of carbonyl (C=O) groups is 3. The third kappa shape index (κ3) is 62.8. The van der Waals surface area contributed by atoms with Gasteiger partial charge in [-0.1, -0.05) is 310 Å². The second-order valence-corrected chi connectivity index (χ2v) is 21.4. The summed E-state index contributed by atoms with van der Waals surface area (Å²) in [6, 6.07) is 0. The second kappa shape index (κ2) is 62.8. The lowest BCUT2D eigenvalue weighted by molar-refractivity contribution is -0.167. The van der Waals surface area contributed by atoms with E-state index in [-0.39, 0.29) is 31.1 Å². The van der Waals surface area contributed by atoms with Crippen molar-refractivity contribution in [1.29, 1.82) is 0 Å². The molecular weight excluding hydrogens is 876 g/mol. The summed E-state index contributed by atoms with van der Waals surface area (Å²) in [5.74, 6) is -0.00502. The van der Waals surface area contributed by atoms with Crippen molar-refractivity contribution in [3.05, 3.63) is 0 Å². The Balaban J connectivity index is 0. The maximum atomic E-state index is 12.8. The molecular formula is C62H121ClO6. The van der Waals surface area contributed by atoms with E-state index in [1.54, 1.807) is 0 Å². The zero-order valence-electron chi connectivity index (χ0n) is 47.1. The second-order valence-electron chi connectivity index (χ2n) is 21.0. The van der Waals surface area contributed by atoms with Crippen molar-refractivity contribution in [3.63, 3.8) is 0 Å². The van der Waals surface area contributed by atoms with Crippen LogP contribution in [0, 0.1) is 0 Å². The molecule has 0 aromatic heterocycles. The van der Waals surface area contributed by atoms with Gasteiger partial charge in [-0.3, -0.25) is 14.4 Å². The molecule has 0 unspecified atom stereocenters. The molecule has 412 valence electrons. The van der Waals surface area contributed by atoms with E-state index in [2.05, 4.69) is 27.7 Å². The lowest BCUT2D eigenvalue weighted by Crippen LogP contribution is -2.30. The van der Waals surface area contributed by atoms with Crippen LogP contribution in [-0.2, 0) is 28.6 Å². The summed E-state index contributed by atoms with van der Waals surface area (Å²) >= 11 is 5.38. The maximum Gasteiger partial charge on any atom is 0.306 e. The maximum absolute atomic E-state index is 12.8. The van der Waals surface area contributed by atoms with Crippen molar-refractivity contribution in [2.24, 2.45) is 0 Å². The number of esters is 3. The molecule has 0 aromatic rings. The highest BCUT2D eigenvalue weighted by Gasteiger charge is 2.19. The molecule has 7 heteroatoms. The van der Waals surface area contributed by atoms with E-state index < -0.39 is 6.10 Å². The minimum atomic E-state index is -0.760. The van der Waals surface area contributed by atoms with E-state index in [9.17, 15) is 14.4 Å². The van der Waals surface area contributed by atoms with E-state index in [1.807, 2.05) is 0 Å². The first-order chi connectivity index (χ1) is 33.9. The lowest BCUT2D eigenvalue weighted by Gasteiger charge is -2.18. The van der Waals surface area contributed by atoms with Crippen LogP contribution in [0.25, 0.3) is 0 Å². The van der Waals surface area contributed by atoms with Crippen LogP contribution in [0.4, 0.5) is 0 Å². The summed E-state index contributed by atoms with van der Waals surface area (Å²) in [6.07, 6.45) is 61.7. The van der Waals surface area contributed by atoms with Gasteiger partial charge in [0, 0.05) is 25.1 Å². The van der Waals surface area contributed by atoms with Gasteiger partial charge in [0.2, 0.25) is 0 Å². The molecule has 0 aliphatic carbocycles. The molecule has 0 rings (SSSR count). The van der Waals surface area contributed by atoms with Crippen molar-refractivity contribution in [2.75, 3.05) is 19.1 Å². The summed E-state index contributed by atoms with van der Waals surface area (Å²) in [4.78, 5) is 38.1. The number of ether oxygens (including phenoxy) is 3. The number of rotatable bonds is 56. The molecule has 0 atom stereocenters. The Bertz CT molecular complexity index is 951. The first-order valence-electron chi connectivity index (χ1n) is 31.0. The quantitative estimate of drug-likeness (QED) is 0.0261. The highest BCUT2D eigenvalue weighted by Crippen LogP contribution is 2.18.